The quantitative estimate of drug-likeness (QED) is 0.116. The maximum atomic E-state index is 14.1. The summed E-state index contributed by atoms with van der Waals surface area (Å²) in [5.74, 6) is -3.60. The van der Waals surface area contributed by atoms with Gasteiger partial charge in [0.25, 0.3) is 5.91 Å². The molecule has 6 rings (SSSR count). The standard InChI is InChI=1S/C35H34ClN3O11/c1-16(40)46-29-30(47-17(2)41)32(48-18(3)42)35(50-31(29)34(44)45-4)49-27-13-26-28(23-8-6-5-7-22(23)27)20(14-36)15-39(26)33(43)25-12-19-11-21(37)9-10-24(19)38-25/h5-13,20,29-32,35,38H,14-15,37H2,1-4H3/t20-,29+,30+,31+,32-,35+/m1/s1. The summed E-state index contributed by atoms with van der Waals surface area (Å²) < 4.78 is 33.8. The number of H-pyrrole nitrogens is 1. The second-order valence-electron chi connectivity index (χ2n) is 11.9. The second-order valence-corrected chi connectivity index (χ2v) is 12.2. The highest BCUT2D eigenvalue weighted by Gasteiger charge is 2.56. The molecular weight excluding hydrogens is 674 g/mol. The number of benzene rings is 3. The molecule has 0 radical (unpaired) electrons. The molecule has 2 aliphatic rings. The van der Waals surface area contributed by atoms with Crippen molar-refractivity contribution < 1.29 is 52.4 Å². The summed E-state index contributed by atoms with van der Waals surface area (Å²) in [7, 11) is 1.10. The van der Waals surface area contributed by atoms with E-state index in [1.165, 1.54) is 0 Å². The Morgan fingerprint density at radius 3 is 2.22 bits per heavy atom. The number of amides is 1. The molecule has 1 amide bonds. The minimum atomic E-state index is -1.65. The molecule has 1 saturated heterocycles. The minimum Gasteiger partial charge on any atom is -0.467 e. The van der Waals surface area contributed by atoms with E-state index in [1.54, 1.807) is 47.4 Å². The van der Waals surface area contributed by atoms with E-state index in [4.69, 9.17) is 45.8 Å². The predicted octanol–water partition coefficient (Wildman–Crippen LogP) is 3.96. The number of aromatic nitrogens is 1. The van der Waals surface area contributed by atoms with Gasteiger partial charge in [0, 0.05) is 67.2 Å². The summed E-state index contributed by atoms with van der Waals surface area (Å²) >= 11 is 6.48. The first-order valence-electron chi connectivity index (χ1n) is 15.6. The molecule has 2 aliphatic heterocycles. The Kier molecular flexibility index (Phi) is 9.58. The van der Waals surface area contributed by atoms with E-state index < -0.39 is 54.6 Å². The smallest absolute Gasteiger partial charge is 0.339 e. The van der Waals surface area contributed by atoms with Crippen molar-refractivity contribution in [3.8, 4) is 5.75 Å². The van der Waals surface area contributed by atoms with Crippen LogP contribution in [-0.4, -0.2) is 85.0 Å². The molecule has 4 aromatic rings. The number of nitrogens with one attached hydrogen (secondary N) is 1. The number of carbonyl (C=O) groups excluding carboxylic acids is 5. The van der Waals surface area contributed by atoms with Crippen molar-refractivity contribution in [2.24, 2.45) is 0 Å². The van der Waals surface area contributed by atoms with Crippen molar-refractivity contribution >= 4 is 74.4 Å². The maximum absolute atomic E-state index is 14.1. The van der Waals surface area contributed by atoms with Crippen LogP contribution in [0.2, 0.25) is 0 Å². The Morgan fingerprint density at radius 2 is 1.56 bits per heavy atom. The summed E-state index contributed by atoms with van der Waals surface area (Å²) in [6, 6.07) is 15.9. The number of esters is 4. The van der Waals surface area contributed by atoms with E-state index in [2.05, 4.69) is 4.98 Å². The third-order valence-corrected chi connectivity index (χ3v) is 8.89. The van der Waals surface area contributed by atoms with Gasteiger partial charge in [0.1, 0.15) is 11.4 Å². The highest BCUT2D eigenvalue weighted by molar-refractivity contribution is 6.19. The number of nitrogen functional groups attached to an aromatic ring is 1. The largest absolute Gasteiger partial charge is 0.467 e. The Labute approximate surface area is 290 Å². The number of alkyl halides is 1. The van der Waals surface area contributed by atoms with Gasteiger partial charge in [-0.05, 0) is 35.2 Å². The summed E-state index contributed by atoms with van der Waals surface area (Å²) in [4.78, 5) is 68.6. The zero-order chi connectivity index (χ0) is 35.9. The molecule has 3 N–H and O–H groups in total. The van der Waals surface area contributed by atoms with E-state index in [1.807, 2.05) is 12.1 Å². The van der Waals surface area contributed by atoms with Crippen molar-refractivity contribution in [3.63, 3.8) is 0 Å². The molecule has 50 heavy (non-hydrogen) atoms. The third-order valence-electron chi connectivity index (χ3n) is 8.51. The van der Waals surface area contributed by atoms with Crippen LogP contribution in [0.5, 0.6) is 5.75 Å². The van der Waals surface area contributed by atoms with Crippen LogP contribution in [0.25, 0.3) is 21.7 Å². The molecule has 1 aromatic heterocycles. The van der Waals surface area contributed by atoms with Crippen LogP contribution in [-0.2, 0) is 42.9 Å². The number of aromatic amines is 1. The number of fused-ring (bicyclic) bond motifs is 4. The van der Waals surface area contributed by atoms with Crippen molar-refractivity contribution in [2.45, 2.75) is 57.4 Å². The van der Waals surface area contributed by atoms with Crippen molar-refractivity contribution in [3.05, 3.63) is 65.9 Å². The van der Waals surface area contributed by atoms with Crippen LogP contribution in [0.4, 0.5) is 11.4 Å². The number of hydrogen-bond acceptors (Lipinski definition) is 12. The second kappa shape index (κ2) is 13.9. The lowest BCUT2D eigenvalue weighted by Crippen LogP contribution is -2.64. The van der Waals surface area contributed by atoms with Crippen molar-refractivity contribution in [1.82, 2.24) is 4.98 Å². The highest BCUT2D eigenvalue weighted by atomic mass is 35.5. The third kappa shape index (κ3) is 6.51. The molecule has 3 aromatic carbocycles. The molecule has 6 atom stereocenters. The number of ether oxygens (including phenoxy) is 6. The van der Waals surface area contributed by atoms with Gasteiger partial charge in [-0.25, -0.2) is 4.79 Å². The normalized spacial score (nSPS) is 22.9. The zero-order valence-electron chi connectivity index (χ0n) is 27.5. The number of methoxy groups -OCH3 is 1. The van der Waals surface area contributed by atoms with E-state index in [-0.39, 0.29) is 30.0 Å². The molecule has 0 bridgehead atoms. The van der Waals surface area contributed by atoms with Gasteiger partial charge < -0.3 is 44.0 Å². The van der Waals surface area contributed by atoms with Gasteiger partial charge in [-0.3, -0.25) is 19.2 Å². The average molecular weight is 708 g/mol. The van der Waals surface area contributed by atoms with Gasteiger partial charge in [-0.2, -0.15) is 0 Å². The van der Waals surface area contributed by atoms with Crippen molar-refractivity contribution in [2.75, 3.05) is 30.2 Å². The van der Waals surface area contributed by atoms with Gasteiger partial charge in [0.15, 0.2) is 18.3 Å². The Balaban J connectivity index is 1.46. The minimum absolute atomic E-state index is 0.176. The zero-order valence-corrected chi connectivity index (χ0v) is 28.2. The van der Waals surface area contributed by atoms with E-state index >= 15 is 0 Å². The van der Waals surface area contributed by atoms with Crippen LogP contribution in [0.3, 0.4) is 0 Å². The first-order chi connectivity index (χ1) is 23.9. The van der Waals surface area contributed by atoms with E-state index in [0.29, 0.717) is 22.5 Å². The molecule has 15 heteroatoms. The lowest BCUT2D eigenvalue weighted by atomic mass is 9.95. The monoisotopic (exact) mass is 707 g/mol. The number of halogens is 1. The fourth-order valence-electron chi connectivity index (χ4n) is 6.54. The summed E-state index contributed by atoms with van der Waals surface area (Å²) in [6.45, 7) is 3.57. The SMILES string of the molecule is COC(=O)[C@H]1O[C@H](Oc2cc3c(c4ccccc24)[C@H](CCl)CN3C(=O)c2cc3cc(N)ccc3[nH]2)[C@H](OC(C)=O)[C@@H](OC(C)=O)[C@@H]1OC(C)=O. The van der Waals surface area contributed by atoms with Crippen LogP contribution < -0.4 is 15.4 Å². The fourth-order valence-corrected chi connectivity index (χ4v) is 6.79. The lowest BCUT2D eigenvalue weighted by molar-refractivity contribution is -0.282. The first kappa shape index (κ1) is 34.5. The van der Waals surface area contributed by atoms with Crippen LogP contribution >= 0.6 is 11.6 Å². The predicted molar refractivity (Wildman–Crippen MR) is 180 cm³/mol. The Bertz CT molecular complexity index is 2010. The van der Waals surface area contributed by atoms with Gasteiger partial charge >= 0.3 is 23.9 Å². The number of anilines is 2. The molecule has 1 fully saturated rings. The number of carbonyl (C=O) groups is 5. The van der Waals surface area contributed by atoms with Gasteiger partial charge in [0.2, 0.25) is 12.4 Å². The highest BCUT2D eigenvalue weighted by Crippen LogP contribution is 2.47. The van der Waals surface area contributed by atoms with Crippen LogP contribution in [0.1, 0.15) is 42.7 Å². The molecule has 262 valence electrons. The molecule has 0 aliphatic carbocycles. The summed E-state index contributed by atoms with van der Waals surface area (Å²) in [5.41, 5.74) is 8.90. The number of hydrogen-bond donors (Lipinski definition) is 2. The average Bonchev–Trinajstić information content (AvgIpc) is 3.67. The van der Waals surface area contributed by atoms with Gasteiger partial charge in [0.05, 0.1) is 12.8 Å². The fraction of sp³-hybridized carbons (Fsp3) is 0.343. The van der Waals surface area contributed by atoms with Crippen LogP contribution in [0.15, 0.2) is 54.6 Å². The van der Waals surface area contributed by atoms with Crippen LogP contribution in [0, 0.1) is 0 Å². The van der Waals surface area contributed by atoms with Gasteiger partial charge in [-0.15, -0.1) is 11.6 Å². The summed E-state index contributed by atoms with van der Waals surface area (Å²) in [6.07, 6.45) is -7.89. The van der Waals surface area contributed by atoms with Crippen molar-refractivity contribution in [1.29, 1.82) is 0 Å². The number of rotatable bonds is 8. The molecule has 0 unspecified atom stereocenters. The topological polar surface area (TPSA) is 186 Å². The first-order valence-corrected chi connectivity index (χ1v) is 16.2. The molecule has 14 nitrogen and oxygen atoms in total. The number of nitrogens with zero attached hydrogens (tertiary/aromatic N) is 1. The maximum Gasteiger partial charge on any atom is 0.339 e. The Morgan fingerprint density at radius 1 is 0.900 bits per heavy atom. The molecule has 3 heterocycles. The van der Waals surface area contributed by atoms with Gasteiger partial charge in [-0.1, -0.05) is 24.3 Å². The van der Waals surface area contributed by atoms with E-state index in [0.717, 1.165) is 49.7 Å². The molecular formula is C35H34ClN3O11. The van der Waals surface area contributed by atoms with E-state index in [9.17, 15) is 24.0 Å². The molecule has 0 saturated carbocycles. The lowest BCUT2D eigenvalue weighted by Gasteiger charge is -2.43. The Hall–Kier alpha value is -5.34. The summed E-state index contributed by atoms with van der Waals surface area (Å²) in [5, 5.41) is 2.08. The molecule has 0 spiro atoms. The number of nitrogens with two attached hydrogens (primary N) is 1.